The predicted molar refractivity (Wildman–Crippen MR) is 112 cm³/mol. The number of aromatic amines is 1. The SMILES string of the molecule is Cc1cc(N2CCO[C@@H](c3cc(CCOc4ccccc4Cl)[nH]n3)C2)nc(C)n1. The van der Waals surface area contributed by atoms with E-state index >= 15 is 0 Å². The van der Waals surface area contributed by atoms with Gasteiger partial charge >= 0.3 is 0 Å². The number of aromatic nitrogens is 4. The molecule has 0 amide bonds. The zero-order chi connectivity index (χ0) is 20.2. The van der Waals surface area contributed by atoms with E-state index < -0.39 is 0 Å². The van der Waals surface area contributed by atoms with E-state index in [1.165, 1.54) is 0 Å². The Hall–Kier alpha value is -2.64. The van der Waals surface area contributed by atoms with Gasteiger partial charge < -0.3 is 14.4 Å². The quantitative estimate of drug-likeness (QED) is 0.664. The Labute approximate surface area is 175 Å². The Bertz CT molecular complexity index is 957. The maximum atomic E-state index is 6.12. The number of nitrogens with zero attached hydrogens (tertiary/aromatic N) is 4. The molecule has 29 heavy (non-hydrogen) atoms. The fourth-order valence-corrected chi connectivity index (χ4v) is 3.59. The van der Waals surface area contributed by atoms with Crippen LogP contribution in [0.2, 0.25) is 5.02 Å². The summed E-state index contributed by atoms with van der Waals surface area (Å²) in [5.41, 5.74) is 2.86. The number of nitrogens with one attached hydrogen (secondary N) is 1. The molecule has 4 rings (SSSR count). The average molecular weight is 414 g/mol. The first-order valence-corrected chi connectivity index (χ1v) is 10.1. The van der Waals surface area contributed by atoms with Crippen molar-refractivity contribution in [3.63, 3.8) is 0 Å². The van der Waals surface area contributed by atoms with Crippen LogP contribution in [0.15, 0.2) is 36.4 Å². The summed E-state index contributed by atoms with van der Waals surface area (Å²) in [4.78, 5) is 11.2. The molecule has 152 valence electrons. The minimum atomic E-state index is -0.103. The van der Waals surface area contributed by atoms with Crippen LogP contribution in [0.25, 0.3) is 0 Å². The van der Waals surface area contributed by atoms with E-state index in [0.29, 0.717) is 37.0 Å². The maximum absolute atomic E-state index is 6.12. The Kier molecular flexibility index (Phi) is 5.97. The third-order valence-electron chi connectivity index (χ3n) is 4.79. The van der Waals surface area contributed by atoms with Crippen molar-refractivity contribution in [3.05, 3.63) is 64.3 Å². The first kappa shape index (κ1) is 19.7. The highest BCUT2D eigenvalue weighted by Gasteiger charge is 2.25. The molecule has 7 nitrogen and oxygen atoms in total. The Morgan fingerprint density at radius 3 is 2.93 bits per heavy atom. The van der Waals surface area contributed by atoms with E-state index in [1.807, 2.05) is 50.2 Å². The monoisotopic (exact) mass is 413 g/mol. The Morgan fingerprint density at radius 1 is 1.24 bits per heavy atom. The number of para-hydroxylation sites is 1. The number of hydrogen-bond donors (Lipinski definition) is 1. The highest BCUT2D eigenvalue weighted by molar-refractivity contribution is 6.32. The first-order valence-electron chi connectivity index (χ1n) is 9.69. The van der Waals surface area contributed by atoms with E-state index in [4.69, 9.17) is 21.1 Å². The van der Waals surface area contributed by atoms with Gasteiger partial charge in [0.1, 0.15) is 23.5 Å². The third-order valence-corrected chi connectivity index (χ3v) is 5.10. The summed E-state index contributed by atoms with van der Waals surface area (Å²) in [5.74, 6) is 2.41. The molecular weight excluding hydrogens is 390 g/mol. The van der Waals surface area contributed by atoms with E-state index in [-0.39, 0.29) is 6.10 Å². The van der Waals surface area contributed by atoms with Gasteiger partial charge in [-0.3, -0.25) is 5.10 Å². The van der Waals surface area contributed by atoms with Gasteiger partial charge in [-0.15, -0.1) is 0 Å². The number of benzene rings is 1. The summed E-state index contributed by atoms with van der Waals surface area (Å²) in [6.07, 6.45) is 0.604. The van der Waals surface area contributed by atoms with E-state index in [9.17, 15) is 0 Å². The lowest BCUT2D eigenvalue weighted by Gasteiger charge is -2.33. The van der Waals surface area contributed by atoms with Gasteiger partial charge in [-0.1, -0.05) is 23.7 Å². The van der Waals surface area contributed by atoms with Gasteiger partial charge in [0.15, 0.2) is 0 Å². The highest BCUT2D eigenvalue weighted by Crippen LogP contribution is 2.26. The molecule has 3 heterocycles. The van der Waals surface area contributed by atoms with Crippen LogP contribution in [-0.2, 0) is 11.2 Å². The molecule has 8 heteroatoms. The number of aryl methyl sites for hydroxylation is 2. The van der Waals surface area contributed by atoms with Crippen molar-refractivity contribution in [2.24, 2.45) is 0 Å². The molecule has 1 atom stereocenters. The van der Waals surface area contributed by atoms with Crippen molar-refractivity contribution >= 4 is 17.4 Å². The smallest absolute Gasteiger partial charge is 0.137 e. The zero-order valence-electron chi connectivity index (χ0n) is 16.6. The van der Waals surface area contributed by atoms with Crippen molar-refractivity contribution < 1.29 is 9.47 Å². The average Bonchev–Trinajstić information content (AvgIpc) is 3.18. The molecule has 0 bridgehead atoms. The number of H-pyrrole nitrogens is 1. The Balaban J connectivity index is 1.36. The van der Waals surface area contributed by atoms with Crippen LogP contribution in [0.5, 0.6) is 5.75 Å². The van der Waals surface area contributed by atoms with Crippen LogP contribution in [0.3, 0.4) is 0 Å². The van der Waals surface area contributed by atoms with Gasteiger partial charge in [0.2, 0.25) is 0 Å². The number of halogens is 1. The van der Waals surface area contributed by atoms with Gasteiger partial charge in [0.25, 0.3) is 0 Å². The summed E-state index contributed by atoms with van der Waals surface area (Å²) < 4.78 is 11.7. The molecule has 2 aromatic heterocycles. The molecule has 1 aliphatic rings. The standard InChI is InChI=1S/C21H24ClN5O2/c1-14-11-21(24-15(2)23-14)27-8-10-29-20(13-27)18-12-16(25-26-18)7-9-28-19-6-4-3-5-17(19)22/h3-6,11-12,20H,7-10,13H2,1-2H3,(H,25,26)/t20-/m1/s1. The fourth-order valence-electron chi connectivity index (χ4n) is 3.40. The minimum Gasteiger partial charge on any atom is -0.492 e. The van der Waals surface area contributed by atoms with E-state index in [0.717, 1.165) is 35.3 Å². The lowest BCUT2D eigenvalue weighted by atomic mass is 10.2. The van der Waals surface area contributed by atoms with Crippen LogP contribution in [0.4, 0.5) is 5.82 Å². The number of ether oxygens (including phenoxy) is 2. The summed E-state index contributed by atoms with van der Waals surface area (Å²) >= 11 is 6.12. The van der Waals surface area contributed by atoms with E-state index in [1.54, 1.807) is 0 Å². The van der Waals surface area contributed by atoms with Crippen molar-refractivity contribution in [1.82, 2.24) is 20.2 Å². The molecule has 0 aliphatic carbocycles. The molecule has 1 aliphatic heterocycles. The van der Waals surface area contributed by atoms with E-state index in [2.05, 4.69) is 25.1 Å². The van der Waals surface area contributed by atoms with Crippen LogP contribution < -0.4 is 9.64 Å². The van der Waals surface area contributed by atoms with Crippen molar-refractivity contribution in [3.8, 4) is 5.75 Å². The molecule has 0 unspecified atom stereocenters. The topological polar surface area (TPSA) is 76.2 Å². The molecule has 0 saturated carbocycles. The largest absolute Gasteiger partial charge is 0.492 e. The number of rotatable bonds is 6. The van der Waals surface area contributed by atoms with Crippen LogP contribution in [0.1, 0.15) is 29.0 Å². The Morgan fingerprint density at radius 2 is 2.10 bits per heavy atom. The summed E-state index contributed by atoms with van der Waals surface area (Å²) in [7, 11) is 0. The second-order valence-electron chi connectivity index (χ2n) is 7.07. The van der Waals surface area contributed by atoms with Gasteiger partial charge in [-0.25, -0.2) is 9.97 Å². The fraction of sp³-hybridized carbons (Fsp3) is 0.381. The molecule has 1 saturated heterocycles. The van der Waals surface area contributed by atoms with Gasteiger partial charge in [-0.05, 0) is 32.0 Å². The van der Waals surface area contributed by atoms with Gasteiger partial charge in [0.05, 0.1) is 30.5 Å². The molecule has 1 aromatic carbocycles. The molecule has 3 aromatic rings. The lowest BCUT2D eigenvalue weighted by Crippen LogP contribution is -2.39. The van der Waals surface area contributed by atoms with Crippen molar-refractivity contribution in [2.45, 2.75) is 26.4 Å². The zero-order valence-corrected chi connectivity index (χ0v) is 17.3. The third kappa shape index (κ3) is 4.86. The van der Waals surface area contributed by atoms with Crippen LogP contribution in [0, 0.1) is 13.8 Å². The maximum Gasteiger partial charge on any atom is 0.137 e. The summed E-state index contributed by atoms with van der Waals surface area (Å²) in [6, 6.07) is 11.5. The first-order chi connectivity index (χ1) is 14.1. The van der Waals surface area contributed by atoms with Gasteiger partial charge in [-0.2, -0.15) is 5.10 Å². The van der Waals surface area contributed by atoms with Crippen molar-refractivity contribution in [2.75, 3.05) is 31.2 Å². The lowest BCUT2D eigenvalue weighted by molar-refractivity contribution is 0.0367. The number of morpholine rings is 1. The number of anilines is 1. The molecule has 0 radical (unpaired) electrons. The van der Waals surface area contributed by atoms with Gasteiger partial charge in [0, 0.05) is 30.4 Å². The predicted octanol–water partition coefficient (Wildman–Crippen LogP) is 3.67. The highest BCUT2D eigenvalue weighted by atomic mass is 35.5. The van der Waals surface area contributed by atoms with Crippen molar-refractivity contribution in [1.29, 1.82) is 0 Å². The molecule has 1 fully saturated rings. The second-order valence-corrected chi connectivity index (χ2v) is 7.47. The summed E-state index contributed by atoms with van der Waals surface area (Å²) in [6.45, 7) is 6.55. The molecule has 1 N–H and O–H groups in total. The minimum absolute atomic E-state index is 0.103. The van der Waals surface area contributed by atoms with Crippen LogP contribution >= 0.6 is 11.6 Å². The normalized spacial score (nSPS) is 16.8. The number of hydrogen-bond acceptors (Lipinski definition) is 6. The molecular formula is C21H24ClN5O2. The van der Waals surface area contributed by atoms with Crippen LogP contribution in [-0.4, -0.2) is 46.5 Å². The second kappa shape index (κ2) is 8.80. The molecule has 0 spiro atoms. The summed E-state index contributed by atoms with van der Waals surface area (Å²) in [5, 5.41) is 8.16.